The number of benzene rings is 1. The third kappa shape index (κ3) is 6.60. The first kappa shape index (κ1) is 24.5. The topological polar surface area (TPSA) is 65.8 Å². The molecule has 0 bridgehead atoms. The molecular weight excluding hydrogens is 515 g/mol. The summed E-state index contributed by atoms with van der Waals surface area (Å²) in [5.41, 5.74) is 3.30. The maximum absolute atomic E-state index is 12.6. The van der Waals surface area contributed by atoms with E-state index in [1.54, 1.807) is 7.05 Å². The Morgan fingerprint density at radius 1 is 1.23 bits per heavy atom. The van der Waals surface area contributed by atoms with E-state index in [1.807, 2.05) is 45.7 Å². The Morgan fingerprint density at radius 2 is 1.97 bits per heavy atom. The van der Waals surface area contributed by atoms with E-state index in [0.29, 0.717) is 24.7 Å². The van der Waals surface area contributed by atoms with Crippen LogP contribution in [-0.4, -0.2) is 64.7 Å². The predicted octanol–water partition coefficient (Wildman–Crippen LogP) is 3.08. The van der Waals surface area contributed by atoms with Gasteiger partial charge in [0.05, 0.1) is 12.2 Å². The van der Waals surface area contributed by atoms with Crippen LogP contribution in [0.5, 0.6) is 0 Å². The quantitative estimate of drug-likeness (QED) is 0.263. The molecule has 3 rings (SSSR count). The van der Waals surface area contributed by atoms with Gasteiger partial charge in [0.25, 0.3) is 0 Å². The third-order valence-electron chi connectivity index (χ3n) is 5.05. The molecule has 0 saturated carbocycles. The van der Waals surface area contributed by atoms with Crippen molar-refractivity contribution in [3.05, 3.63) is 52.3 Å². The fraction of sp³-hybridized carbons (Fsp3) is 0.476. The highest BCUT2D eigenvalue weighted by molar-refractivity contribution is 14.0. The van der Waals surface area contributed by atoms with Crippen LogP contribution in [0.2, 0.25) is 5.02 Å². The van der Waals surface area contributed by atoms with E-state index in [2.05, 4.69) is 28.4 Å². The largest absolute Gasteiger partial charge is 0.356 e. The minimum atomic E-state index is 0. The smallest absolute Gasteiger partial charge is 0.242 e. The van der Waals surface area contributed by atoms with Crippen LogP contribution < -0.4 is 5.32 Å². The highest BCUT2D eigenvalue weighted by Crippen LogP contribution is 2.13. The summed E-state index contributed by atoms with van der Waals surface area (Å²) in [6.07, 6.45) is 0.936. The lowest BCUT2D eigenvalue weighted by Gasteiger charge is -2.36. The molecule has 1 fully saturated rings. The fourth-order valence-corrected chi connectivity index (χ4v) is 3.66. The third-order valence-corrected chi connectivity index (χ3v) is 5.30. The van der Waals surface area contributed by atoms with Crippen molar-refractivity contribution in [1.29, 1.82) is 0 Å². The molecule has 2 heterocycles. The summed E-state index contributed by atoms with van der Waals surface area (Å²) in [5.74, 6) is 0.884. The molecule has 1 aromatic heterocycles. The molecule has 2 aromatic rings. The van der Waals surface area contributed by atoms with E-state index in [1.165, 1.54) is 5.69 Å². The van der Waals surface area contributed by atoms with Crippen molar-refractivity contribution in [2.24, 2.45) is 4.99 Å². The van der Waals surface area contributed by atoms with Gasteiger partial charge in [0.15, 0.2) is 5.96 Å². The number of carbonyl (C=O) groups excluding carboxylic acids is 1. The van der Waals surface area contributed by atoms with E-state index in [4.69, 9.17) is 11.6 Å². The Bertz CT molecular complexity index is 867. The lowest BCUT2D eigenvalue weighted by Crippen LogP contribution is -2.55. The van der Waals surface area contributed by atoms with Crippen LogP contribution >= 0.6 is 35.6 Å². The van der Waals surface area contributed by atoms with E-state index in [-0.39, 0.29) is 29.9 Å². The SMILES string of the molecule is CN=C(NCCCn1nc(C)cc1C)N1CCN(Cc2ccc(Cl)cc2)C(=O)C1.I. The van der Waals surface area contributed by atoms with Crippen LogP contribution in [-0.2, 0) is 17.9 Å². The Hall–Kier alpha value is -1.81. The molecule has 0 unspecified atom stereocenters. The molecular formula is C21H30ClIN6O. The van der Waals surface area contributed by atoms with Gasteiger partial charge in [-0.2, -0.15) is 5.10 Å². The second kappa shape index (κ2) is 11.5. The number of guanidine groups is 1. The number of piperazine rings is 1. The molecule has 0 spiro atoms. The lowest BCUT2D eigenvalue weighted by molar-refractivity contribution is -0.135. The first-order valence-corrected chi connectivity index (χ1v) is 10.3. The Balaban J connectivity index is 0.00000320. The zero-order chi connectivity index (χ0) is 20.8. The summed E-state index contributed by atoms with van der Waals surface area (Å²) >= 11 is 5.94. The normalized spacial score (nSPS) is 14.7. The monoisotopic (exact) mass is 544 g/mol. The zero-order valence-corrected chi connectivity index (χ0v) is 20.9. The molecule has 1 aromatic carbocycles. The lowest BCUT2D eigenvalue weighted by atomic mass is 10.2. The maximum atomic E-state index is 12.6. The highest BCUT2D eigenvalue weighted by Gasteiger charge is 2.25. The second-order valence-corrected chi connectivity index (χ2v) is 7.78. The maximum Gasteiger partial charge on any atom is 0.242 e. The number of aryl methyl sites for hydroxylation is 3. The summed E-state index contributed by atoms with van der Waals surface area (Å²) in [6.45, 7) is 8.10. The predicted molar refractivity (Wildman–Crippen MR) is 132 cm³/mol. The van der Waals surface area contributed by atoms with E-state index in [9.17, 15) is 4.79 Å². The highest BCUT2D eigenvalue weighted by atomic mass is 127. The molecule has 30 heavy (non-hydrogen) atoms. The fourth-order valence-electron chi connectivity index (χ4n) is 3.53. The first-order chi connectivity index (χ1) is 14.0. The molecule has 1 N–H and O–H groups in total. The first-order valence-electron chi connectivity index (χ1n) is 9.95. The number of hydrogen-bond donors (Lipinski definition) is 1. The molecule has 1 saturated heterocycles. The summed E-state index contributed by atoms with van der Waals surface area (Å²) in [5, 5.41) is 8.57. The van der Waals surface area contributed by atoms with Crippen LogP contribution in [0.25, 0.3) is 0 Å². The molecule has 7 nitrogen and oxygen atoms in total. The van der Waals surface area contributed by atoms with Crippen LogP contribution in [0.1, 0.15) is 23.4 Å². The van der Waals surface area contributed by atoms with Crippen LogP contribution in [0.4, 0.5) is 0 Å². The number of amides is 1. The Kier molecular flexibility index (Phi) is 9.41. The van der Waals surface area contributed by atoms with Gasteiger partial charge in [0.1, 0.15) is 0 Å². The average Bonchev–Trinajstić information content (AvgIpc) is 3.02. The number of nitrogens with zero attached hydrogens (tertiary/aromatic N) is 5. The van der Waals surface area contributed by atoms with Gasteiger partial charge in [-0.15, -0.1) is 24.0 Å². The van der Waals surface area contributed by atoms with Crippen molar-refractivity contribution < 1.29 is 4.79 Å². The number of halogens is 2. The van der Waals surface area contributed by atoms with E-state index in [0.717, 1.165) is 43.3 Å². The molecule has 9 heteroatoms. The molecule has 1 aliphatic rings. The number of rotatable bonds is 6. The van der Waals surface area contributed by atoms with Gasteiger partial charge in [-0.05, 0) is 44.0 Å². The molecule has 1 amide bonds. The Labute approximate surface area is 200 Å². The number of carbonyl (C=O) groups is 1. The summed E-state index contributed by atoms with van der Waals surface area (Å²) < 4.78 is 2.03. The van der Waals surface area contributed by atoms with Crippen molar-refractivity contribution in [1.82, 2.24) is 24.9 Å². The molecule has 0 radical (unpaired) electrons. The van der Waals surface area contributed by atoms with Crippen LogP contribution in [0.3, 0.4) is 0 Å². The second-order valence-electron chi connectivity index (χ2n) is 7.34. The summed E-state index contributed by atoms with van der Waals surface area (Å²) in [6, 6.07) is 9.73. The molecule has 164 valence electrons. The van der Waals surface area contributed by atoms with Crippen molar-refractivity contribution >= 4 is 47.4 Å². The van der Waals surface area contributed by atoms with Crippen molar-refractivity contribution in [3.63, 3.8) is 0 Å². The molecule has 0 atom stereocenters. The van der Waals surface area contributed by atoms with Crippen molar-refractivity contribution in [2.75, 3.05) is 33.2 Å². The number of nitrogens with one attached hydrogen (secondary N) is 1. The van der Waals surface area contributed by atoms with Gasteiger partial charge < -0.3 is 15.1 Å². The standard InChI is InChI=1S/C21H29ClN6O.HI/c1-16-13-17(2)28(25-16)10-4-9-24-21(23-3)27-12-11-26(20(29)15-27)14-18-5-7-19(22)8-6-18;/h5-8,13H,4,9-12,14-15H2,1-3H3,(H,23,24);1H. The van der Waals surface area contributed by atoms with Crippen LogP contribution in [0, 0.1) is 13.8 Å². The molecule has 1 aliphatic heterocycles. The minimum absolute atomic E-state index is 0. The average molecular weight is 545 g/mol. The van der Waals surface area contributed by atoms with Gasteiger partial charge >= 0.3 is 0 Å². The summed E-state index contributed by atoms with van der Waals surface area (Å²) in [7, 11) is 1.76. The number of aliphatic imine (C=N–C) groups is 1. The van der Waals surface area contributed by atoms with Crippen molar-refractivity contribution in [2.45, 2.75) is 33.4 Å². The Morgan fingerprint density at radius 3 is 2.57 bits per heavy atom. The van der Waals surface area contributed by atoms with Gasteiger partial charge in [-0.25, -0.2) is 0 Å². The van der Waals surface area contributed by atoms with Gasteiger partial charge in [0, 0.05) is 50.5 Å². The van der Waals surface area contributed by atoms with E-state index < -0.39 is 0 Å². The summed E-state index contributed by atoms with van der Waals surface area (Å²) in [4.78, 5) is 20.9. The van der Waals surface area contributed by atoms with Crippen molar-refractivity contribution in [3.8, 4) is 0 Å². The van der Waals surface area contributed by atoms with Gasteiger partial charge in [-0.1, -0.05) is 23.7 Å². The van der Waals surface area contributed by atoms with Gasteiger partial charge in [0.2, 0.25) is 5.91 Å². The zero-order valence-electron chi connectivity index (χ0n) is 17.8. The number of aromatic nitrogens is 2. The van der Waals surface area contributed by atoms with Crippen LogP contribution in [0.15, 0.2) is 35.3 Å². The van der Waals surface area contributed by atoms with E-state index >= 15 is 0 Å². The molecule has 0 aliphatic carbocycles. The minimum Gasteiger partial charge on any atom is -0.356 e. The van der Waals surface area contributed by atoms with Gasteiger partial charge in [-0.3, -0.25) is 14.5 Å². The number of hydrogen-bond acceptors (Lipinski definition) is 3.